The molecule has 19 heavy (non-hydrogen) atoms. The van der Waals surface area contributed by atoms with Gasteiger partial charge >= 0.3 is 0 Å². The van der Waals surface area contributed by atoms with Gasteiger partial charge in [0.15, 0.2) is 18.2 Å². The summed E-state index contributed by atoms with van der Waals surface area (Å²) in [4.78, 5) is 23.2. The SMILES string of the molecule is CC(=O)c1cc[n+](CC(=O)c2ccc(Br)cc2)cc1. The maximum absolute atomic E-state index is 12.0. The van der Waals surface area contributed by atoms with Crippen LogP contribution in [0.4, 0.5) is 0 Å². The molecule has 0 N–H and O–H groups in total. The monoisotopic (exact) mass is 318 g/mol. The van der Waals surface area contributed by atoms with E-state index in [1.807, 2.05) is 12.1 Å². The second kappa shape index (κ2) is 5.89. The average molecular weight is 319 g/mol. The van der Waals surface area contributed by atoms with E-state index in [0.29, 0.717) is 11.1 Å². The van der Waals surface area contributed by atoms with Gasteiger partial charge in [-0.3, -0.25) is 9.59 Å². The molecule has 0 bridgehead atoms. The number of ketones is 2. The number of rotatable bonds is 4. The predicted octanol–water partition coefficient (Wildman–Crippen LogP) is 2.82. The molecule has 96 valence electrons. The summed E-state index contributed by atoms with van der Waals surface area (Å²) in [7, 11) is 0. The summed E-state index contributed by atoms with van der Waals surface area (Å²) in [5, 5.41) is 0. The highest BCUT2D eigenvalue weighted by Crippen LogP contribution is 2.10. The molecule has 1 aromatic heterocycles. The van der Waals surface area contributed by atoms with Crippen molar-refractivity contribution in [3.63, 3.8) is 0 Å². The van der Waals surface area contributed by atoms with Crippen molar-refractivity contribution < 1.29 is 14.2 Å². The molecule has 0 amide bonds. The second-order valence-electron chi connectivity index (χ2n) is 4.25. The van der Waals surface area contributed by atoms with E-state index in [1.54, 1.807) is 41.2 Å². The van der Waals surface area contributed by atoms with Gasteiger partial charge in [-0.25, -0.2) is 0 Å². The number of nitrogens with zero attached hydrogens (tertiary/aromatic N) is 1. The lowest BCUT2D eigenvalue weighted by Crippen LogP contribution is -2.37. The highest BCUT2D eigenvalue weighted by Gasteiger charge is 2.12. The van der Waals surface area contributed by atoms with Crippen molar-refractivity contribution in [1.82, 2.24) is 0 Å². The fraction of sp³-hybridized carbons (Fsp3) is 0.133. The molecule has 4 heteroatoms. The van der Waals surface area contributed by atoms with E-state index in [2.05, 4.69) is 15.9 Å². The summed E-state index contributed by atoms with van der Waals surface area (Å²) in [6, 6.07) is 10.7. The Morgan fingerprint density at radius 2 is 1.58 bits per heavy atom. The molecule has 1 heterocycles. The van der Waals surface area contributed by atoms with Crippen LogP contribution >= 0.6 is 15.9 Å². The molecule has 0 fully saturated rings. The molecular formula is C15H13BrNO2+. The average Bonchev–Trinajstić information content (AvgIpc) is 2.40. The van der Waals surface area contributed by atoms with Crippen molar-refractivity contribution in [2.45, 2.75) is 13.5 Å². The summed E-state index contributed by atoms with van der Waals surface area (Å²) in [6.45, 7) is 1.78. The lowest BCUT2D eigenvalue weighted by Gasteiger charge is -1.99. The van der Waals surface area contributed by atoms with E-state index >= 15 is 0 Å². The Balaban J connectivity index is 2.10. The molecule has 0 saturated carbocycles. The fourth-order valence-corrected chi connectivity index (χ4v) is 1.95. The van der Waals surface area contributed by atoms with Gasteiger partial charge in [-0.05, 0) is 19.1 Å². The van der Waals surface area contributed by atoms with Crippen molar-refractivity contribution in [3.05, 3.63) is 64.4 Å². The number of halogens is 1. The van der Waals surface area contributed by atoms with E-state index in [1.165, 1.54) is 6.92 Å². The molecule has 0 aliphatic heterocycles. The molecule has 2 aromatic rings. The quantitative estimate of drug-likeness (QED) is 0.642. The Kier molecular flexibility index (Phi) is 4.22. The van der Waals surface area contributed by atoms with Crippen LogP contribution < -0.4 is 4.57 Å². The number of Topliss-reactive ketones (excluding diaryl/α,β-unsaturated/α-hetero) is 2. The smallest absolute Gasteiger partial charge is 0.227 e. The van der Waals surface area contributed by atoms with Crippen molar-refractivity contribution in [3.8, 4) is 0 Å². The van der Waals surface area contributed by atoms with Crippen molar-refractivity contribution >= 4 is 27.5 Å². The van der Waals surface area contributed by atoms with E-state index in [4.69, 9.17) is 0 Å². The van der Waals surface area contributed by atoms with Gasteiger partial charge in [-0.2, -0.15) is 4.57 Å². The molecule has 0 saturated heterocycles. The molecular weight excluding hydrogens is 306 g/mol. The molecule has 0 spiro atoms. The molecule has 0 aliphatic carbocycles. The number of aromatic nitrogens is 1. The Hall–Kier alpha value is -1.81. The number of hydrogen-bond donors (Lipinski definition) is 0. The lowest BCUT2D eigenvalue weighted by atomic mass is 10.1. The third kappa shape index (κ3) is 3.58. The Morgan fingerprint density at radius 1 is 1.00 bits per heavy atom. The van der Waals surface area contributed by atoms with Crippen LogP contribution in [-0.2, 0) is 6.54 Å². The molecule has 0 atom stereocenters. The van der Waals surface area contributed by atoms with Crippen LogP contribution in [0.25, 0.3) is 0 Å². The molecule has 2 rings (SSSR count). The topological polar surface area (TPSA) is 38.0 Å². The first-order valence-electron chi connectivity index (χ1n) is 5.85. The van der Waals surface area contributed by atoms with E-state index in [-0.39, 0.29) is 18.1 Å². The maximum Gasteiger partial charge on any atom is 0.227 e. The number of carbonyl (C=O) groups is 2. The van der Waals surface area contributed by atoms with Crippen LogP contribution in [0.1, 0.15) is 27.6 Å². The van der Waals surface area contributed by atoms with E-state index in [0.717, 1.165) is 4.47 Å². The molecule has 0 unspecified atom stereocenters. The number of carbonyl (C=O) groups excluding carboxylic acids is 2. The van der Waals surface area contributed by atoms with Crippen LogP contribution in [0.2, 0.25) is 0 Å². The first kappa shape index (κ1) is 13.6. The van der Waals surface area contributed by atoms with Crippen LogP contribution in [0.3, 0.4) is 0 Å². The summed E-state index contributed by atoms with van der Waals surface area (Å²) >= 11 is 3.33. The molecule has 0 radical (unpaired) electrons. The van der Waals surface area contributed by atoms with Gasteiger partial charge in [-0.1, -0.05) is 28.1 Å². The zero-order valence-electron chi connectivity index (χ0n) is 10.5. The standard InChI is InChI=1S/C15H13BrNO2/c1-11(18)12-6-8-17(9-7-12)10-15(19)13-2-4-14(16)5-3-13/h2-9H,10H2,1H3/q+1. The highest BCUT2D eigenvalue weighted by molar-refractivity contribution is 9.10. The van der Waals surface area contributed by atoms with Crippen LogP contribution in [0, 0.1) is 0 Å². The first-order valence-corrected chi connectivity index (χ1v) is 6.64. The Bertz CT molecular complexity index is 603. The van der Waals surface area contributed by atoms with Gasteiger partial charge in [0, 0.05) is 27.7 Å². The second-order valence-corrected chi connectivity index (χ2v) is 5.16. The van der Waals surface area contributed by atoms with Crippen LogP contribution in [0.5, 0.6) is 0 Å². The number of hydrogen-bond acceptors (Lipinski definition) is 2. The molecule has 3 nitrogen and oxygen atoms in total. The normalized spacial score (nSPS) is 10.2. The predicted molar refractivity (Wildman–Crippen MR) is 75.1 cm³/mol. The van der Waals surface area contributed by atoms with Crippen molar-refractivity contribution in [2.75, 3.05) is 0 Å². The third-order valence-corrected chi connectivity index (χ3v) is 3.32. The zero-order valence-corrected chi connectivity index (χ0v) is 12.1. The lowest BCUT2D eigenvalue weighted by molar-refractivity contribution is -0.683. The minimum absolute atomic E-state index is 0.0198. The van der Waals surface area contributed by atoms with Crippen LogP contribution in [-0.4, -0.2) is 11.6 Å². The van der Waals surface area contributed by atoms with Gasteiger partial charge in [-0.15, -0.1) is 0 Å². The number of benzene rings is 1. The molecule has 0 aliphatic rings. The van der Waals surface area contributed by atoms with Gasteiger partial charge in [0.25, 0.3) is 0 Å². The summed E-state index contributed by atoms with van der Waals surface area (Å²) in [5.74, 6) is 0.0551. The maximum atomic E-state index is 12.0. The fourth-order valence-electron chi connectivity index (χ4n) is 1.69. The minimum Gasteiger partial charge on any atom is -0.295 e. The third-order valence-electron chi connectivity index (χ3n) is 2.79. The van der Waals surface area contributed by atoms with Crippen molar-refractivity contribution in [1.29, 1.82) is 0 Å². The van der Waals surface area contributed by atoms with Gasteiger partial charge in [0.1, 0.15) is 0 Å². The first-order chi connectivity index (χ1) is 9.06. The number of pyridine rings is 1. The molecule has 1 aromatic carbocycles. The summed E-state index contributed by atoms with van der Waals surface area (Å²) in [6.07, 6.45) is 3.49. The highest BCUT2D eigenvalue weighted by atomic mass is 79.9. The van der Waals surface area contributed by atoms with Crippen LogP contribution in [0.15, 0.2) is 53.3 Å². The van der Waals surface area contributed by atoms with Gasteiger partial charge in [0.2, 0.25) is 12.3 Å². The largest absolute Gasteiger partial charge is 0.295 e. The van der Waals surface area contributed by atoms with Gasteiger partial charge < -0.3 is 0 Å². The minimum atomic E-state index is 0.0198. The van der Waals surface area contributed by atoms with Crippen molar-refractivity contribution in [2.24, 2.45) is 0 Å². The Labute approximate surface area is 120 Å². The Morgan fingerprint density at radius 3 is 2.11 bits per heavy atom. The van der Waals surface area contributed by atoms with E-state index in [9.17, 15) is 9.59 Å². The zero-order chi connectivity index (χ0) is 13.8. The summed E-state index contributed by atoms with van der Waals surface area (Å²) in [5.41, 5.74) is 1.32. The van der Waals surface area contributed by atoms with Gasteiger partial charge in [0.05, 0.1) is 0 Å². The summed E-state index contributed by atoms with van der Waals surface area (Å²) < 4.78 is 2.71. The van der Waals surface area contributed by atoms with E-state index < -0.39 is 0 Å².